The van der Waals surface area contributed by atoms with Gasteiger partial charge in [0.2, 0.25) is 5.91 Å². The second-order valence-electron chi connectivity index (χ2n) is 7.92. The van der Waals surface area contributed by atoms with Gasteiger partial charge in [-0.15, -0.1) is 6.42 Å². The minimum atomic E-state index is -1.12. The fourth-order valence-electron chi connectivity index (χ4n) is 4.52. The Labute approximate surface area is 172 Å². The maximum Gasteiger partial charge on any atom is 0.308 e. The van der Waals surface area contributed by atoms with Crippen LogP contribution >= 0.6 is 0 Å². The molecule has 1 aromatic carbocycles. The van der Waals surface area contributed by atoms with E-state index >= 15 is 0 Å². The number of carbonyl (C=O) groups excluding carboxylic acids is 3. The average Bonchev–Trinajstić information content (AvgIpc) is 2.73. The molecule has 2 saturated carbocycles. The number of methoxy groups -OCH3 is 1. The molecule has 29 heavy (non-hydrogen) atoms. The maximum atomic E-state index is 13.5. The zero-order chi connectivity index (χ0) is 20.9. The van der Waals surface area contributed by atoms with Crippen molar-refractivity contribution in [2.75, 3.05) is 7.11 Å². The highest BCUT2D eigenvalue weighted by Crippen LogP contribution is 2.42. The van der Waals surface area contributed by atoms with Crippen LogP contribution in [0, 0.1) is 18.3 Å². The van der Waals surface area contributed by atoms with Crippen LogP contribution in [0.3, 0.4) is 0 Å². The summed E-state index contributed by atoms with van der Waals surface area (Å²) in [5, 5.41) is 3.00. The van der Waals surface area contributed by atoms with Crippen molar-refractivity contribution in [3.05, 3.63) is 35.9 Å². The van der Waals surface area contributed by atoms with Gasteiger partial charge < -0.3 is 15.0 Å². The number of hydrogen-bond donors (Lipinski definition) is 1. The van der Waals surface area contributed by atoms with Crippen LogP contribution in [0.4, 0.5) is 0 Å². The van der Waals surface area contributed by atoms with Gasteiger partial charge in [0, 0.05) is 12.6 Å². The van der Waals surface area contributed by atoms with Gasteiger partial charge in [0.1, 0.15) is 5.54 Å². The molecule has 0 heterocycles. The molecule has 0 saturated heterocycles. The van der Waals surface area contributed by atoms with Crippen LogP contribution in [0.15, 0.2) is 30.3 Å². The second kappa shape index (κ2) is 9.13. The minimum Gasteiger partial charge on any atom is -0.469 e. The van der Waals surface area contributed by atoms with Gasteiger partial charge in [-0.3, -0.25) is 14.4 Å². The van der Waals surface area contributed by atoms with Crippen LogP contribution in [-0.4, -0.2) is 41.4 Å². The second-order valence-corrected chi connectivity index (χ2v) is 7.92. The van der Waals surface area contributed by atoms with Gasteiger partial charge in [-0.1, -0.05) is 30.3 Å². The molecule has 2 amide bonds. The summed E-state index contributed by atoms with van der Waals surface area (Å²) < 4.78 is 4.94. The number of nitrogens with zero attached hydrogens (tertiary/aromatic N) is 1. The van der Waals surface area contributed by atoms with Crippen LogP contribution < -0.4 is 5.32 Å². The molecular weight excluding hydrogens is 368 g/mol. The Hall–Kier alpha value is -2.81. The molecule has 0 aliphatic heterocycles. The molecule has 6 nitrogen and oxygen atoms in total. The summed E-state index contributed by atoms with van der Waals surface area (Å²) in [7, 11) is 1.35. The Balaban J connectivity index is 1.91. The Morgan fingerprint density at radius 3 is 2.52 bits per heavy atom. The number of nitrogens with one attached hydrogen (secondary N) is 1. The lowest BCUT2D eigenvalue weighted by Gasteiger charge is -2.51. The molecule has 0 radical (unpaired) electrons. The van der Waals surface area contributed by atoms with Gasteiger partial charge in [0.05, 0.1) is 13.0 Å². The van der Waals surface area contributed by atoms with Gasteiger partial charge in [0.15, 0.2) is 0 Å². The van der Waals surface area contributed by atoms with Crippen molar-refractivity contribution < 1.29 is 19.1 Å². The van der Waals surface area contributed by atoms with Crippen molar-refractivity contribution in [2.45, 2.75) is 63.1 Å². The van der Waals surface area contributed by atoms with Crippen LogP contribution in [0.25, 0.3) is 0 Å². The lowest BCUT2D eigenvalue weighted by molar-refractivity contribution is -0.160. The molecular formula is C23H28N2O4. The molecule has 2 fully saturated rings. The normalized spacial score (nSPS) is 23.9. The molecule has 2 aliphatic rings. The number of ether oxygens (including phenoxy) is 1. The molecule has 0 spiro atoms. The molecule has 1 aromatic rings. The highest BCUT2D eigenvalue weighted by atomic mass is 16.5. The standard InChI is InChI=1S/C23H28N2O4/c1-3-20(26)25(19-12-7-13-19)23(14-8-11-18(15-23)21(27)29-2)22(28)24-16-17-9-5-4-6-10-17/h1,4-6,9-10,18-19H,7-8,11-16H2,2H3,(H,24,28). The summed E-state index contributed by atoms with van der Waals surface area (Å²) in [5.41, 5.74) is -0.157. The molecule has 2 aliphatic carbocycles. The first-order valence-electron chi connectivity index (χ1n) is 10.2. The first-order chi connectivity index (χ1) is 14.0. The zero-order valence-corrected chi connectivity index (χ0v) is 16.9. The third-order valence-corrected chi connectivity index (χ3v) is 6.22. The summed E-state index contributed by atoms with van der Waals surface area (Å²) in [6, 6.07) is 9.54. The van der Waals surface area contributed by atoms with Crippen molar-refractivity contribution in [1.82, 2.24) is 10.2 Å². The summed E-state index contributed by atoms with van der Waals surface area (Å²) in [6.07, 6.45) is 10.2. The van der Waals surface area contributed by atoms with Gasteiger partial charge in [0.25, 0.3) is 5.91 Å². The zero-order valence-electron chi connectivity index (χ0n) is 16.9. The number of amides is 2. The minimum absolute atomic E-state index is 0.0579. The highest BCUT2D eigenvalue weighted by molar-refractivity contribution is 5.99. The predicted octanol–water partition coefficient (Wildman–Crippen LogP) is 2.42. The van der Waals surface area contributed by atoms with E-state index in [1.807, 2.05) is 30.3 Å². The van der Waals surface area contributed by atoms with Crippen LogP contribution in [-0.2, 0) is 25.7 Å². The fraction of sp³-hybridized carbons (Fsp3) is 0.522. The Morgan fingerprint density at radius 2 is 1.93 bits per heavy atom. The summed E-state index contributed by atoms with van der Waals surface area (Å²) in [6.45, 7) is 0.354. The molecule has 154 valence electrons. The van der Waals surface area contributed by atoms with E-state index in [-0.39, 0.29) is 24.3 Å². The van der Waals surface area contributed by atoms with Crippen molar-refractivity contribution in [1.29, 1.82) is 0 Å². The summed E-state index contributed by atoms with van der Waals surface area (Å²) >= 11 is 0. The van der Waals surface area contributed by atoms with E-state index in [0.29, 0.717) is 25.8 Å². The number of esters is 1. The van der Waals surface area contributed by atoms with E-state index in [4.69, 9.17) is 11.2 Å². The smallest absolute Gasteiger partial charge is 0.308 e. The molecule has 0 aromatic heterocycles. The molecule has 6 heteroatoms. The molecule has 1 N–H and O–H groups in total. The number of benzene rings is 1. The van der Waals surface area contributed by atoms with Gasteiger partial charge >= 0.3 is 5.97 Å². The first kappa shape index (κ1) is 20.9. The molecule has 2 atom stereocenters. The van der Waals surface area contributed by atoms with Crippen molar-refractivity contribution in [2.24, 2.45) is 5.92 Å². The molecule has 0 bridgehead atoms. The van der Waals surface area contributed by atoms with E-state index in [0.717, 1.165) is 24.8 Å². The Morgan fingerprint density at radius 1 is 1.21 bits per heavy atom. The van der Waals surface area contributed by atoms with Crippen molar-refractivity contribution >= 4 is 17.8 Å². The van der Waals surface area contributed by atoms with E-state index in [9.17, 15) is 14.4 Å². The quantitative estimate of drug-likeness (QED) is 0.592. The van der Waals surface area contributed by atoms with Crippen molar-refractivity contribution in [3.63, 3.8) is 0 Å². The Kier molecular flexibility index (Phi) is 6.58. The van der Waals surface area contributed by atoms with Crippen LogP contribution in [0.2, 0.25) is 0 Å². The third-order valence-electron chi connectivity index (χ3n) is 6.22. The summed E-state index contributed by atoms with van der Waals surface area (Å²) in [5.74, 6) is 0.724. The Bertz CT molecular complexity index is 797. The number of terminal acetylenes is 1. The van der Waals surface area contributed by atoms with Gasteiger partial charge in [-0.05, 0) is 56.4 Å². The van der Waals surface area contributed by atoms with Crippen molar-refractivity contribution in [3.8, 4) is 12.3 Å². The molecule has 3 rings (SSSR count). The lowest BCUT2D eigenvalue weighted by Crippen LogP contribution is -2.66. The van der Waals surface area contributed by atoms with E-state index in [2.05, 4.69) is 11.2 Å². The number of carbonyl (C=O) groups is 3. The SMILES string of the molecule is C#CC(=O)N(C1CCC1)C1(C(=O)NCc2ccccc2)CCCC(C(=O)OC)C1. The largest absolute Gasteiger partial charge is 0.469 e. The monoisotopic (exact) mass is 396 g/mol. The third kappa shape index (κ3) is 4.29. The predicted molar refractivity (Wildman–Crippen MR) is 108 cm³/mol. The van der Waals surface area contributed by atoms with Gasteiger partial charge in [-0.2, -0.15) is 0 Å². The van der Waals surface area contributed by atoms with Crippen LogP contribution in [0.1, 0.15) is 50.5 Å². The average molecular weight is 396 g/mol. The number of hydrogen-bond acceptors (Lipinski definition) is 4. The highest BCUT2D eigenvalue weighted by Gasteiger charge is 2.53. The summed E-state index contributed by atoms with van der Waals surface area (Å²) in [4.78, 5) is 40.2. The van der Waals surface area contributed by atoms with E-state index < -0.39 is 17.4 Å². The van der Waals surface area contributed by atoms with Gasteiger partial charge in [-0.25, -0.2) is 0 Å². The topological polar surface area (TPSA) is 75.7 Å². The number of rotatable bonds is 6. The maximum absolute atomic E-state index is 13.5. The first-order valence-corrected chi connectivity index (χ1v) is 10.2. The van der Waals surface area contributed by atoms with E-state index in [1.54, 1.807) is 4.90 Å². The van der Waals surface area contributed by atoms with E-state index in [1.165, 1.54) is 7.11 Å². The lowest BCUT2D eigenvalue weighted by atomic mass is 9.71. The fourth-order valence-corrected chi connectivity index (χ4v) is 4.52. The molecule has 2 unspecified atom stereocenters. The van der Waals surface area contributed by atoms with Crippen LogP contribution in [0.5, 0.6) is 0 Å².